The largest absolute Gasteiger partial charge is 0.481 e. The minimum Gasteiger partial charge on any atom is -0.481 e. The van der Waals surface area contributed by atoms with Gasteiger partial charge >= 0.3 is 5.97 Å². The van der Waals surface area contributed by atoms with Gasteiger partial charge in [-0.1, -0.05) is 6.92 Å². The monoisotopic (exact) mass is 348 g/mol. The van der Waals surface area contributed by atoms with E-state index in [1.807, 2.05) is 0 Å². The number of fused-ring (bicyclic) bond motifs is 5. The fourth-order valence-corrected chi connectivity index (χ4v) is 7.79. The molecule has 4 aliphatic rings. The Kier molecular flexibility index (Phi) is 4.90. The van der Waals surface area contributed by atoms with Gasteiger partial charge in [0, 0.05) is 13.2 Å². The summed E-state index contributed by atoms with van der Waals surface area (Å²) in [4.78, 5) is 11.8. The summed E-state index contributed by atoms with van der Waals surface area (Å²) in [5.74, 6) is 4.38. The molecule has 0 bridgehead atoms. The number of carboxylic acid groups (broad SMARTS) is 1. The van der Waals surface area contributed by atoms with Crippen molar-refractivity contribution in [1.82, 2.24) is 0 Å². The zero-order valence-electron chi connectivity index (χ0n) is 16.1. The highest BCUT2D eigenvalue weighted by Gasteiger charge is 2.58. The smallest absolute Gasteiger partial charge is 0.307 e. The lowest BCUT2D eigenvalue weighted by Crippen LogP contribution is -2.49. The molecule has 3 nitrogen and oxygen atoms in total. The third kappa shape index (κ3) is 2.95. The van der Waals surface area contributed by atoms with Gasteiger partial charge in [0.15, 0.2) is 0 Å². The number of hydrogen-bond donors (Lipinski definition) is 1. The second-order valence-electron chi connectivity index (χ2n) is 9.79. The van der Waals surface area contributed by atoms with Gasteiger partial charge in [-0.25, -0.2) is 0 Å². The van der Waals surface area contributed by atoms with Gasteiger partial charge in [-0.15, -0.1) is 0 Å². The SMILES string of the molecule is CCOCC1CCC2C(CCC3C2CCC2(C)C3CC[C@@H]2C(=O)O)C1. The Morgan fingerprint density at radius 2 is 1.84 bits per heavy atom. The summed E-state index contributed by atoms with van der Waals surface area (Å²) in [7, 11) is 0. The summed E-state index contributed by atoms with van der Waals surface area (Å²) >= 11 is 0. The van der Waals surface area contributed by atoms with Gasteiger partial charge in [0.05, 0.1) is 5.92 Å². The standard InChI is InChI=1S/C22H36O3/c1-3-25-13-14-4-6-16-15(12-14)5-7-18-17(16)10-11-22(2)19(18)8-9-20(22)21(23)24/h14-20H,3-13H2,1-2H3,(H,23,24)/t14?,15?,16?,17?,18?,19?,20-,22?/m1/s1. The highest BCUT2D eigenvalue weighted by molar-refractivity contribution is 5.71. The van der Waals surface area contributed by atoms with Crippen LogP contribution in [-0.4, -0.2) is 24.3 Å². The van der Waals surface area contributed by atoms with E-state index in [2.05, 4.69) is 13.8 Å². The Bertz CT molecular complexity index is 504. The van der Waals surface area contributed by atoms with E-state index in [4.69, 9.17) is 4.74 Å². The van der Waals surface area contributed by atoms with Crippen molar-refractivity contribution < 1.29 is 14.6 Å². The van der Waals surface area contributed by atoms with Gasteiger partial charge in [0.25, 0.3) is 0 Å². The van der Waals surface area contributed by atoms with Crippen molar-refractivity contribution in [2.75, 3.05) is 13.2 Å². The lowest BCUT2D eigenvalue weighted by atomic mass is 9.49. The third-order valence-corrected chi connectivity index (χ3v) is 8.92. The van der Waals surface area contributed by atoms with Gasteiger partial charge in [-0.05, 0) is 106 Å². The minimum absolute atomic E-state index is 0.0754. The van der Waals surface area contributed by atoms with Crippen molar-refractivity contribution in [2.24, 2.45) is 46.8 Å². The lowest BCUT2D eigenvalue weighted by Gasteiger charge is -2.56. The van der Waals surface area contributed by atoms with Gasteiger partial charge in [0.2, 0.25) is 0 Å². The third-order valence-electron chi connectivity index (χ3n) is 8.92. The second kappa shape index (κ2) is 6.87. The fourth-order valence-electron chi connectivity index (χ4n) is 7.79. The van der Waals surface area contributed by atoms with Crippen LogP contribution in [0, 0.1) is 46.8 Å². The quantitative estimate of drug-likeness (QED) is 0.778. The van der Waals surface area contributed by atoms with Crippen molar-refractivity contribution in [3.8, 4) is 0 Å². The molecule has 0 aromatic heterocycles. The van der Waals surface area contributed by atoms with Crippen LogP contribution in [0.15, 0.2) is 0 Å². The van der Waals surface area contributed by atoms with Crippen LogP contribution in [0.3, 0.4) is 0 Å². The summed E-state index contributed by atoms with van der Waals surface area (Å²) in [6.45, 7) is 6.22. The Morgan fingerprint density at radius 3 is 2.60 bits per heavy atom. The average molecular weight is 349 g/mol. The van der Waals surface area contributed by atoms with E-state index in [1.165, 1.54) is 44.9 Å². The van der Waals surface area contributed by atoms with Crippen LogP contribution in [0.1, 0.15) is 71.6 Å². The molecule has 1 N–H and O–H groups in total. The molecule has 4 aliphatic carbocycles. The summed E-state index contributed by atoms with van der Waals surface area (Å²) in [6.07, 6.45) is 11.4. The average Bonchev–Trinajstić information content (AvgIpc) is 2.97. The maximum atomic E-state index is 11.8. The Labute approximate surface area is 152 Å². The molecule has 0 heterocycles. The zero-order chi connectivity index (χ0) is 17.6. The van der Waals surface area contributed by atoms with Gasteiger partial charge < -0.3 is 9.84 Å². The van der Waals surface area contributed by atoms with Crippen molar-refractivity contribution >= 4 is 5.97 Å². The number of carboxylic acids is 1. The number of aliphatic carboxylic acids is 1. The summed E-state index contributed by atoms with van der Waals surface area (Å²) in [6, 6.07) is 0. The molecule has 3 heteroatoms. The van der Waals surface area contributed by atoms with Crippen molar-refractivity contribution in [3.05, 3.63) is 0 Å². The molecule has 4 rings (SSSR count). The second-order valence-corrected chi connectivity index (χ2v) is 9.79. The first-order chi connectivity index (χ1) is 12.0. The maximum Gasteiger partial charge on any atom is 0.307 e. The topological polar surface area (TPSA) is 46.5 Å². The molecule has 0 radical (unpaired) electrons. The van der Waals surface area contributed by atoms with Crippen LogP contribution in [0.25, 0.3) is 0 Å². The van der Waals surface area contributed by atoms with Gasteiger partial charge in [-0.2, -0.15) is 0 Å². The van der Waals surface area contributed by atoms with Crippen molar-refractivity contribution in [2.45, 2.75) is 71.6 Å². The van der Waals surface area contributed by atoms with Crippen LogP contribution in [0.5, 0.6) is 0 Å². The van der Waals surface area contributed by atoms with E-state index in [-0.39, 0.29) is 11.3 Å². The number of hydrogen-bond acceptors (Lipinski definition) is 2. The highest BCUT2D eigenvalue weighted by atomic mass is 16.5. The van der Waals surface area contributed by atoms with Crippen molar-refractivity contribution in [3.63, 3.8) is 0 Å². The van der Waals surface area contributed by atoms with E-state index in [0.717, 1.165) is 55.6 Å². The molecule has 0 aromatic rings. The van der Waals surface area contributed by atoms with E-state index >= 15 is 0 Å². The molecule has 25 heavy (non-hydrogen) atoms. The molecule has 0 spiro atoms. The van der Waals surface area contributed by atoms with Gasteiger partial charge in [-0.3, -0.25) is 4.79 Å². The maximum absolute atomic E-state index is 11.8. The van der Waals surface area contributed by atoms with E-state index in [1.54, 1.807) is 0 Å². The van der Waals surface area contributed by atoms with Crippen LogP contribution >= 0.6 is 0 Å². The predicted octanol–water partition coefficient (Wildman–Crippen LogP) is 4.99. The molecule has 8 atom stereocenters. The lowest BCUT2D eigenvalue weighted by molar-refractivity contribution is -0.149. The summed E-state index contributed by atoms with van der Waals surface area (Å²) < 4.78 is 5.71. The van der Waals surface area contributed by atoms with E-state index < -0.39 is 5.97 Å². The fraction of sp³-hybridized carbons (Fsp3) is 0.955. The molecular formula is C22H36O3. The first-order valence-corrected chi connectivity index (χ1v) is 10.8. The number of ether oxygens (including phenoxy) is 1. The van der Waals surface area contributed by atoms with E-state index in [0.29, 0.717) is 5.92 Å². The minimum atomic E-state index is -0.534. The molecular weight excluding hydrogens is 312 g/mol. The van der Waals surface area contributed by atoms with Gasteiger partial charge in [0.1, 0.15) is 0 Å². The Hall–Kier alpha value is -0.570. The number of carbonyl (C=O) groups is 1. The van der Waals surface area contributed by atoms with Crippen LogP contribution in [0.2, 0.25) is 0 Å². The summed E-state index contributed by atoms with van der Waals surface area (Å²) in [5, 5.41) is 9.69. The zero-order valence-corrected chi connectivity index (χ0v) is 16.1. The highest BCUT2D eigenvalue weighted by Crippen LogP contribution is 2.64. The Morgan fingerprint density at radius 1 is 1.04 bits per heavy atom. The van der Waals surface area contributed by atoms with Crippen molar-refractivity contribution in [1.29, 1.82) is 0 Å². The van der Waals surface area contributed by atoms with Crippen LogP contribution < -0.4 is 0 Å². The molecule has 7 unspecified atom stereocenters. The van der Waals surface area contributed by atoms with Crippen LogP contribution in [0.4, 0.5) is 0 Å². The first kappa shape index (κ1) is 17.8. The number of rotatable bonds is 4. The molecule has 0 aromatic carbocycles. The van der Waals surface area contributed by atoms with Crippen LogP contribution in [-0.2, 0) is 9.53 Å². The summed E-state index contributed by atoms with van der Waals surface area (Å²) in [5.41, 5.74) is 0.0754. The normalized spacial score (nSPS) is 49.1. The van der Waals surface area contributed by atoms with E-state index in [9.17, 15) is 9.90 Å². The molecule has 0 amide bonds. The molecule has 142 valence electrons. The molecule has 4 saturated carbocycles. The molecule has 0 aliphatic heterocycles. The first-order valence-electron chi connectivity index (χ1n) is 10.8. The predicted molar refractivity (Wildman–Crippen MR) is 98.2 cm³/mol. The molecule has 4 fully saturated rings. The Balaban J connectivity index is 1.45. The molecule has 0 saturated heterocycles.